The van der Waals surface area contributed by atoms with Crippen molar-refractivity contribution in [2.24, 2.45) is 0 Å². The van der Waals surface area contributed by atoms with E-state index in [1.165, 1.54) is 10.8 Å². The maximum atomic E-state index is 6.10. The normalized spacial score (nSPS) is 11.3. The summed E-state index contributed by atoms with van der Waals surface area (Å²) in [5, 5.41) is 8.24. The van der Waals surface area contributed by atoms with Crippen molar-refractivity contribution in [2.75, 3.05) is 5.32 Å². The Balaban J connectivity index is 1.91. The van der Waals surface area contributed by atoms with E-state index in [2.05, 4.69) is 59.9 Å². The highest BCUT2D eigenvalue weighted by molar-refractivity contribution is 6.20. The van der Waals surface area contributed by atoms with Crippen LogP contribution in [0.15, 0.2) is 89.3 Å². The second-order valence-electron chi connectivity index (χ2n) is 5.94. The van der Waals surface area contributed by atoms with Crippen LogP contribution in [0.3, 0.4) is 0 Å². The van der Waals surface area contributed by atoms with Gasteiger partial charge < -0.3 is 9.73 Å². The number of fused-ring (bicyclic) bond motifs is 4. The Morgan fingerprint density at radius 2 is 1.33 bits per heavy atom. The van der Waals surface area contributed by atoms with Crippen molar-refractivity contribution in [1.29, 1.82) is 0 Å². The first-order valence-corrected chi connectivity index (χ1v) is 8.05. The van der Waals surface area contributed by atoms with Gasteiger partial charge in [0.05, 0.1) is 11.1 Å². The van der Waals surface area contributed by atoms with Gasteiger partial charge in [-0.15, -0.1) is 0 Å². The van der Waals surface area contributed by atoms with Crippen LogP contribution in [0.4, 0.5) is 11.4 Å². The lowest BCUT2D eigenvalue weighted by Gasteiger charge is -2.11. The van der Waals surface area contributed by atoms with Crippen LogP contribution in [0.5, 0.6) is 0 Å². The first-order chi connectivity index (χ1) is 11.9. The molecule has 0 radical (unpaired) electrons. The SMILES string of the molecule is c1ccc(Nc2c3ccccc3cc3oc4ccccc4c23)cc1. The number of benzene rings is 4. The number of hydrogen-bond donors (Lipinski definition) is 1. The van der Waals surface area contributed by atoms with E-state index in [0.717, 1.165) is 33.3 Å². The molecule has 2 heteroatoms. The van der Waals surface area contributed by atoms with Crippen LogP contribution in [-0.2, 0) is 0 Å². The Hall–Kier alpha value is -3.26. The third kappa shape index (κ3) is 1.97. The molecule has 0 aliphatic heterocycles. The molecule has 24 heavy (non-hydrogen) atoms. The zero-order valence-electron chi connectivity index (χ0n) is 13.0. The van der Waals surface area contributed by atoms with Gasteiger partial charge in [0.25, 0.3) is 0 Å². The fraction of sp³-hybridized carbons (Fsp3) is 0. The van der Waals surface area contributed by atoms with E-state index >= 15 is 0 Å². The van der Waals surface area contributed by atoms with Crippen molar-refractivity contribution in [2.45, 2.75) is 0 Å². The van der Waals surface area contributed by atoms with Gasteiger partial charge in [0.1, 0.15) is 11.2 Å². The third-order valence-electron chi connectivity index (χ3n) is 4.43. The van der Waals surface area contributed by atoms with Gasteiger partial charge in [0.2, 0.25) is 0 Å². The molecule has 1 heterocycles. The first kappa shape index (κ1) is 13.2. The van der Waals surface area contributed by atoms with Crippen molar-refractivity contribution in [3.8, 4) is 0 Å². The Bertz CT molecular complexity index is 1170. The summed E-state index contributed by atoms with van der Waals surface area (Å²) in [4.78, 5) is 0. The maximum absolute atomic E-state index is 6.10. The molecule has 0 fully saturated rings. The van der Waals surface area contributed by atoms with Gasteiger partial charge in [0.15, 0.2) is 0 Å². The minimum absolute atomic E-state index is 0.910. The summed E-state index contributed by atoms with van der Waals surface area (Å²) in [7, 11) is 0. The van der Waals surface area contributed by atoms with Crippen molar-refractivity contribution < 1.29 is 4.42 Å². The summed E-state index contributed by atoms with van der Waals surface area (Å²) in [5.74, 6) is 0. The molecule has 5 rings (SSSR count). The zero-order chi connectivity index (χ0) is 15.9. The fourth-order valence-corrected chi connectivity index (χ4v) is 3.35. The molecule has 0 aliphatic carbocycles. The number of hydrogen-bond acceptors (Lipinski definition) is 2. The highest BCUT2D eigenvalue weighted by Crippen LogP contribution is 2.40. The monoisotopic (exact) mass is 309 g/mol. The lowest BCUT2D eigenvalue weighted by atomic mass is 10.0. The van der Waals surface area contributed by atoms with Crippen molar-refractivity contribution in [1.82, 2.24) is 0 Å². The van der Waals surface area contributed by atoms with E-state index in [-0.39, 0.29) is 0 Å². The summed E-state index contributed by atoms with van der Waals surface area (Å²) in [6.45, 7) is 0. The van der Waals surface area contributed by atoms with E-state index < -0.39 is 0 Å². The third-order valence-corrected chi connectivity index (χ3v) is 4.43. The number of anilines is 2. The number of para-hydroxylation sites is 2. The topological polar surface area (TPSA) is 25.2 Å². The molecule has 0 saturated carbocycles. The summed E-state index contributed by atoms with van der Waals surface area (Å²) < 4.78 is 6.10. The van der Waals surface area contributed by atoms with Crippen LogP contribution in [0.25, 0.3) is 32.7 Å². The van der Waals surface area contributed by atoms with E-state index in [1.807, 2.05) is 30.3 Å². The van der Waals surface area contributed by atoms with Crippen molar-refractivity contribution >= 4 is 44.1 Å². The molecule has 114 valence electrons. The Morgan fingerprint density at radius 3 is 2.21 bits per heavy atom. The molecule has 0 saturated heterocycles. The van der Waals surface area contributed by atoms with Crippen LogP contribution in [0.2, 0.25) is 0 Å². The number of furan rings is 1. The quantitative estimate of drug-likeness (QED) is 0.403. The summed E-state index contributed by atoms with van der Waals surface area (Å²) >= 11 is 0. The predicted octanol–water partition coefficient (Wildman–Crippen LogP) is 6.48. The minimum Gasteiger partial charge on any atom is -0.456 e. The van der Waals surface area contributed by atoms with Gasteiger partial charge in [-0.1, -0.05) is 60.7 Å². The molecule has 0 atom stereocenters. The molecule has 0 aliphatic rings. The fourth-order valence-electron chi connectivity index (χ4n) is 3.35. The molecule has 0 spiro atoms. The smallest absolute Gasteiger partial charge is 0.138 e. The Labute approximate surface area is 139 Å². The lowest BCUT2D eigenvalue weighted by Crippen LogP contribution is -1.92. The lowest BCUT2D eigenvalue weighted by molar-refractivity contribution is 0.669. The van der Waals surface area contributed by atoms with E-state index in [0.29, 0.717) is 0 Å². The Morgan fingerprint density at radius 1 is 0.625 bits per heavy atom. The Kier molecular flexibility index (Phi) is 2.83. The second kappa shape index (κ2) is 5.14. The molecular weight excluding hydrogens is 294 g/mol. The molecule has 5 aromatic rings. The molecule has 2 nitrogen and oxygen atoms in total. The van der Waals surface area contributed by atoms with Crippen LogP contribution in [0.1, 0.15) is 0 Å². The molecule has 0 bridgehead atoms. The molecule has 0 amide bonds. The van der Waals surface area contributed by atoms with Crippen molar-refractivity contribution in [3.63, 3.8) is 0 Å². The molecule has 0 unspecified atom stereocenters. The van der Waals surface area contributed by atoms with E-state index in [9.17, 15) is 0 Å². The maximum Gasteiger partial charge on any atom is 0.138 e. The summed E-state index contributed by atoms with van der Waals surface area (Å²) in [6.07, 6.45) is 0. The van der Waals surface area contributed by atoms with E-state index in [4.69, 9.17) is 4.42 Å². The van der Waals surface area contributed by atoms with Gasteiger partial charge in [-0.05, 0) is 29.7 Å². The average molecular weight is 309 g/mol. The van der Waals surface area contributed by atoms with Gasteiger partial charge in [0, 0.05) is 16.5 Å². The van der Waals surface area contributed by atoms with Crippen LogP contribution in [0, 0.1) is 0 Å². The minimum atomic E-state index is 0.910. The first-order valence-electron chi connectivity index (χ1n) is 8.05. The average Bonchev–Trinajstić information content (AvgIpc) is 3.00. The molecular formula is C22H15NO. The highest BCUT2D eigenvalue weighted by Gasteiger charge is 2.14. The van der Waals surface area contributed by atoms with Gasteiger partial charge in [-0.2, -0.15) is 0 Å². The predicted molar refractivity (Wildman–Crippen MR) is 101 cm³/mol. The second-order valence-corrected chi connectivity index (χ2v) is 5.94. The zero-order valence-corrected chi connectivity index (χ0v) is 13.0. The summed E-state index contributed by atoms with van der Waals surface area (Å²) in [6, 6.07) is 29.0. The van der Waals surface area contributed by atoms with Crippen molar-refractivity contribution in [3.05, 3.63) is 84.9 Å². The standard InChI is InChI=1S/C22H15NO/c1-2-9-16(10-3-1)23-22-17-11-5-4-8-15(17)14-20-21(22)18-12-6-7-13-19(18)24-20/h1-14,23H. The number of nitrogens with one attached hydrogen (secondary N) is 1. The summed E-state index contributed by atoms with van der Waals surface area (Å²) in [5.41, 5.74) is 3.99. The largest absolute Gasteiger partial charge is 0.456 e. The molecule has 4 aromatic carbocycles. The van der Waals surface area contributed by atoms with Gasteiger partial charge in [-0.3, -0.25) is 0 Å². The molecule has 1 N–H and O–H groups in total. The van der Waals surface area contributed by atoms with Crippen LogP contribution < -0.4 is 5.32 Å². The molecule has 1 aromatic heterocycles. The van der Waals surface area contributed by atoms with Crippen LogP contribution in [-0.4, -0.2) is 0 Å². The van der Waals surface area contributed by atoms with Crippen LogP contribution >= 0.6 is 0 Å². The number of rotatable bonds is 2. The van der Waals surface area contributed by atoms with E-state index in [1.54, 1.807) is 0 Å². The van der Waals surface area contributed by atoms with Gasteiger partial charge >= 0.3 is 0 Å². The van der Waals surface area contributed by atoms with Gasteiger partial charge in [-0.25, -0.2) is 0 Å². The highest BCUT2D eigenvalue weighted by atomic mass is 16.3.